The molecule has 4 heteroatoms. The zero-order chi connectivity index (χ0) is 15.1. The summed E-state index contributed by atoms with van der Waals surface area (Å²) in [6.45, 7) is 2.80. The number of halogens is 1. The van der Waals surface area contributed by atoms with Gasteiger partial charge in [-0.25, -0.2) is 0 Å². The molecule has 0 saturated heterocycles. The first-order chi connectivity index (χ1) is 10.2. The molecule has 1 N–H and O–H groups in total. The van der Waals surface area contributed by atoms with Crippen molar-refractivity contribution in [3.8, 4) is 5.75 Å². The Labute approximate surface area is 138 Å². The first kappa shape index (κ1) is 16.4. The summed E-state index contributed by atoms with van der Waals surface area (Å²) in [6, 6.07) is 15.8. The number of hydrogen-bond donors (Lipinski definition) is 1. The second-order valence-electron chi connectivity index (χ2n) is 4.70. The fraction of sp³-hybridized carbons (Fsp3) is 0.294. The van der Waals surface area contributed by atoms with Crippen molar-refractivity contribution in [3.05, 3.63) is 58.6 Å². The first-order valence-electron chi connectivity index (χ1n) is 6.98. The number of benzene rings is 2. The summed E-state index contributed by atoms with van der Waals surface area (Å²) in [4.78, 5) is 1.14. The Bertz CT molecular complexity index is 557. The van der Waals surface area contributed by atoms with Crippen molar-refractivity contribution in [1.29, 1.82) is 0 Å². The van der Waals surface area contributed by atoms with Crippen molar-refractivity contribution in [3.63, 3.8) is 0 Å². The van der Waals surface area contributed by atoms with Crippen molar-refractivity contribution in [2.45, 2.75) is 24.3 Å². The fourth-order valence-corrected chi connectivity index (χ4v) is 3.31. The van der Waals surface area contributed by atoms with Crippen LogP contribution in [0.3, 0.4) is 0 Å². The molecule has 0 heterocycles. The molecule has 0 aliphatic rings. The number of ether oxygens (including phenoxy) is 1. The molecule has 2 rings (SSSR count). The van der Waals surface area contributed by atoms with Crippen LogP contribution in [0.1, 0.15) is 25.0 Å². The number of rotatable bonds is 7. The summed E-state index contributed by atoms with van der Waals surface area (Å²) in [7, 11) is 0. The summed E-state index contributed by atoms with van der Waals surface area (Å²) in [5.74, 6) is 1.48. The van der Waals surface area contributed by atoms with Crippen LogP contribution in [-0.4, -0.2) is 17.5 Å². The van der Waals surface area contributed by atoms with Crippen LogP contribution in [0.2, 0.25) is 0 Å². The fourth-order valence-electron chi connectivity index (χ4n) is 1.83. The van der Waals surface area contributed by atoms with Gasteiger partial charge in [0.15, 0.2) is 0 Å². The third-order valence-electron chi connectivity index (χ3n) is 2.94. The topological polar surface area (TPSA) is 29.5 Å². The zero-order valence-corrected chi connectivity index (χ0v) is 14.4. The van der Waals surface area contributed by atoms with Crippen molar-refractivity contribution >= 4 is 27.7 Å². The average Bonchev–Trinajstić information content (AvgIpc) is 2.51. The van der Waals surface area contributed by atoms with Gasteiger partial charge in [0, 0.05) is 15.1 Å². The van der Waals surface area contributed by atoms with E-state index in [4.69, 9.17) is 4.74 Å². The Morgan fingerprint density at radius 3 is 2.62 bits per heavy atom. The van der Waals surface area contributed by atoms with Crippen LogP contribution in [0, 0.1) is 0 Å². The molecule has 1 atom stereocenters. The Kier molecular flexibility index (Phi) is 6.61. The third kappa shape index (κ3) is 5.38. The van der Waals surface area contributed by atoms with Gasteiger partial charge >= 0.3 is 0 Å². The molecule has 0 aliphatic carbocycles. The second-order valence-corrected chi connectivity index (χ2v) is 6.71. The van der Waals surface area contributed by atoms with Crippen molar-refractivity contribution in [2.75, 3.05) is 12.4 Å². The highest BCUT2D eigenvalue weighted by atomic mass is 79.9. The van der Waals surface area contributed by atoms with Gasteiger partial charge in [0.2, 0.25) is 0 Å². The summed E-state index contributed by atoms with van der Waals surface area (Å²) < 4.78 is 6.60. The first-order valence-corrected chi connectivity index (χ1v) is 8.76. The Balaban J connectivity index is 1.89. The molecule has 112 valence electrons. The van der Waals surface area contributed by atoms with Crippen LogP contribution in [0.25, 0.3) is 0 Å². The van der Waals surface area contributed by atoms with E-state index in [0.29, 0.717) is 5.75 Å². The van der Waals surface area contributed by atoms with Crippen molar-refractivity contribution < 1.29 is 9.84 Å². The van der Waals surface area contributed by atoms with Gasteiger partial charge in [0.1, 0.15) is 5.75 Å². The molecule has 0 spiro atoms. The SMILES string of the molecule is CCCOc1ccc(C(O)CSc2cccc(Br)c2)cc1. The quantitative estimate of drug-likeness (QED) is 0.694. The third-order valence-corrected chi connectivity index (χ3v) is 4.50. The maximum Gasteiger partial charge on any atom is 0.119 e. The van der Waals surface area contributed by atoms with Gasteiger partial charge in [-0.2, -0.15) is 0 Å². The molecule has 0 bridgehead atoms. The lowest BCUT2D eigenvalue weighted by Crippen LogP contribution is -2.01. The van der Waals surface area contributed by atoms with Gasteiger partial charge in [-0.3, -0.25) is 0 Å². The number of thioether (sulfide) groups is 1. The van der Waals surface area contributed by atoms with E-state index in [1.54, 1.807) is 11.8 Å². The van der Waals surface area contributed by atoms with Crippen LogP contribution in [0.4, 0.5) is 0 Å². The van der Waals surface area contributed by atoms with Gasteiger partial charge in [-0.05, 0) is 42.3 Å². The van der Waals surface area contributed by atoms with Gasteiger partial charge in [0.25, 0.3) is 0 Å². The highest BCUT2D eigenvalue weighted by Crippen LogP contribution is 2.27. The standard InChI is InChI=1S/C17H19BrO2S/c1-2-10-20-15-8-6-13(7-9-15)17(19)12-21-16-5-3-4-14(18)11-16/h3-9,11,17,19H,2,10,12H2,1H3. The van der Waals surface area contributed by atoms with Crippen LogP contribution >= 0.6 is 27.7 Å². The van der Waals surface area contributed by atoms with Crippen LogP contribution < -0.4 is 4.74 Å². The summed E-state index contributed by atoms with van der Waals surface area (Å²) in [5, 5.41) is 10.2. The number of hydrogen-bond acceptors (Lipinski definition) is 3. The lowest BCUT2D eigenvalue weighted by molar-refractivity contribution is 0.204. The molecule has 21 heavy (non-hydrogen) atoms. The molecule has 0 saturated carbocycles. The maximum absolute atomic E-state index is 10.2. The minimum Gasteiger partial charge on any atom is -0.494 e. The molecule has 2 aromatic rings. The molecule has 0 aliphatic heterocycles. The van der Waals surface area contributed by atoms with Crippen molar-refractivity contribution in [1.82, 2.24) is 0 Å². The number of aliphatic hydroxyl groups excluding tert-OH is 1. The highest BCUT2D eigenvalue weighted by molar-refractivity contribution is 9.10. The normalized spacial score (nSPS) is 12.1. The van der Waals surface area contributed by atoms with E-state index in [0.717, 1.165) is 33.7 Å². The van der Waals surface area contributed by atoms with E-state index in [2.05, 4.69) is 28.9 Å². The minimum absolute atomic E-state index is 0.478. The zero-order valence-electron chi connectivity index (χ0n) is 12.0. The van der Waals surface area contributed by atoms with Gasteiger partial charge < -0.3 is 9.84 Å². The van der Waals surface area contributed by atoms with Crippen LogP contribution in [-0.2, 0) is 0 Å². The van der Waals surface area contributed by atoms with E-state index < -0.39 is 6.10 Å². The van der Waals surface area contributed by atoms with Gasteiger partial charge in [-0.1, -0.05) is 41.1 Å². The minimum atomic E-state index is -0.478. The summed E-state index contributed by atoms with van der Waals surface area (Å²) in [6.07, 6.45) is 0.516. The largest absolute Gasteiger partial charge is 0.494 e. The molecule has 0 aromatic heterocycles. The van der Waals surface area contributed by atoms with Crippen molar-refractivity contribution in [2.24, 2.45) is 0 Å². The second kappa shape index (κ2) is 8.47. The van der Waals surface area contributed by atoms with Gasteiger partial charge in [-0.15, -0.1) is 11.8 Å². The molecule has 1 unspecified atom stereocenters. The Morgan fingerprint density at radius 2 is 1.95 bits per heavy atom. The smallest absolute Gasteiger partial charge is 0.119 e. The van der Waals surface area contributed by atoms with Crippen LogP contribution in [0.15, 0.2) is 57.9 Å². The maximum atomic E-state index is 10.2. The van der Waals surface area contributed by atoms with E-state index in [-0.39, 0.29) is 0 Å². The Hall–Kier alpha value is -0.970. The predicted octanol–water partition coefficient (Wildman–Crippen LogP) is 5.06. The monoisotopic (exact) mass is 366 g/mol. The highest BCUT2D eigenvalue weighted by Gasteiger charge is 2.08. The molecular weight excluding hydrogens is 348 g/mol. The van der Waals surface area contributed by atoms with E-state index >= 15 is 0 Å². The van der Waals surface area contributed by atoms with E-state index in [1.807, 2.05) is 42.5 Å². The lowest BCUT2D eigenvalue weighted by atomic mass is 10.1. The average molecular weight is 367 g/mol. The predicted molar refractivity (Wildman–Crippen MR) is 92.1 cm³/mol. The number of aliphatic hydroxyl groups is 1. The van der Waals surface area contributed by atoms with Crippen LogP contribution in [0.5, 0.6) is 5.75 Å². The molecular formula is C17H19BrO2S. The molecule has 2 nitrogen and oxygen atoms in total. The summed E-state index contributed by atoms with van der Waals surface area (Å²) in [5.41, 5.74) is 0.918. The summed E-state index contributed by atoms with van der Waals surface area (Å²) >= 11 is 5.10. The molecule has 0 fully saturated rings. The van der Waals surface area contributed by atoms with E-state index in [1.165, 1.54) is 0 Å². The molecule has 0 amide bonds. The molecule has 0 radical (unpaired) electrons. The Morgan fingerprint density at radius 1 is 1.19 bits per heavy atom. The van der Waals surface area contributed by atoms with E-state index in [9.17, 15) is 5.11 Å². The molecule has 2 aromatic carbocycles. The lowest BCUT2D eigenvalue weighted by Gasteiger charge is -2.12. The van der Waals surface area contributed by atoms with Gasteiger partial charge in [0.05, 0.1) is 12.7 Å².